The Hall–Kier alpha value is -4.16. The van der Waals surface area contributed by atoms with Crippen molar-refractivity contribution in [3.8, 4) is 11.9 Å². The topological polar surface area (TPSA) is 102 Å². The van der Waals surface area contributed by atoms with E-state index in [1.54, 1.807) is 37.8 Å². The van der Waals surface area contributed by atoms with Crippen LogP contribution in [0.25, 0.3) is 5.70 Å². The summed E-state index contributed by atoms with van der Waals surface area (Å²) in [7, 11) is 1.67. The summed E-state index contributed by atoms with van der Waals surface area (Å²) in [6.07, 6.45) is 7.35. The largest absolute Gasteiger partial charge is 0.480 e. The van der Waals surface area contributed by atoms with Crippen LogP contribution in [-0.2, 0) is 6.54 Å². The van der Waals surface area contributed by atoms with Crippen LogP contribution in [0.5, 0.6) is 5.88 Å². The highest BCUT2D eigenvalue weighted by molar-refractivity contribution is 5.77. The van der Waals surface area contributed by atoms with Gasteiger partial charge >= 0.3 is 0 Å². The van der Waals surface area contributed by atoms with E-state index < -0.39 is 0 Å². The molecule has 0 radical (unpaired) electrons. The van der Waals surface area contributed by atoms with Crippen molar-refractivity contribution in [2.24, 2.45) is 0 Å². The number of nitrogens with one attached hydrogen (secondary N) is 2. The van der Waals surface area contributed by atoms with Crippen molar-refractivity contribution in [3.63, 3.8) is 0 Å². The molecule has 0 atom stereocenters. The molecule has 0 unspecified atom stereocenters. The van der Waals surface area contributed by atoms with Crippen molar-refractivity contribution in [2.45, 2.75) is 6.54 Å². The number of methoxy groups -OCH3 is 1. The van der Waals surface area contributed by atoms with Crippen molar-refractivity contribution < 1.29 is 4.74 Å². The molecule has 2 aliphatic heterocycles. The summed E-state index contributed by atoms with van der Waals surface area (Å²) in [5.41, 5.74) is 4.87. The van der Waals surface area contributed by atoms with Gasteiger partial charge in [-0.1, -0.05) is 0 Å². The Bertz CT molecular complexity index is 1230. The highest BCUT2D eigenvalue weighted by Crippen LogP contribution is 2.37. The first-order valence-electron chi connectivity index (χ1n) is 10.8. The number of aromatic nitrogens is 3. The molecule has 0 amide bonds. The fourth-order valence-electron chi connectivity index (χ4n) is 4.16. The molecule has 33 heavy (non-hydrogen) atoms. The van der Waals surface area contributed by atoms with Gasteiger partial charge in [-0.2, -0.15) is 5.26 Å². The molecule has 0 aliphatic carbocycles. The molecule has 2 aliphatic rings. The zero-order valence-electron chi connectivity index (χ0n) is 18.3. The molecule has 2 N–H and O–H groups in total. The van der Waals surface area contributed by atoms with E-state index in [-0.39, 0.29) is 0 Å². The maximum atomic E-state index is 9.14. The molecule has 1 saturated heterocycles. The van der Waals surface area contributed by atoms with E-state index in [1.807, 2.05) is 12.1 Å². The van der Waals surface area contributed by atoms with Gasteiger partial charge in [0.05, 0.1) is 30.0 Å². The van der Waals surface area contributed by atoms with Crippen molar-refractivity contribution in [1.82, 2.24) is 25.2 Å². The Morgan fingerprint density at radius 1 is 1.03 bits per heavy atom. The Balaban J connectivity index is 1.49. The van der Waals surface area contributed by atoms with Crippen LogP contribution in [0.4, 0.5) is 17.3 Å². The first kappa shape index (κ1) is 20.7. The number of hydrogen-bond donors (Lipinski definition) is 2. The van der Waals surface area contributed by atoms with Crippen LogP contribution in [0.15, 0.2) is 55.1 Å². The third-order valence-corrected chi connectivity index (χ3v) is 5.75. The molecule has 9 heteroatoms. The Morgan fingerprint density at radius 2 is 1.79 bits per heavy atom. The molecular formula is C24H24N8O. The smallest absolute Gasteiger partial charge is 0.222 e. The predicted molar refractivity (Wildman–Crippen MR) is 126 cm³/mol. The molecule has 5 heterocycles. The van der Waals surface area contributed by atoms with E-state index in [4.69, 9.17) is 10.00 Å². The number of ether oxygens (including phenoxy) is 1. The van der Waals surface area contributed by atoms with Gasteiger partial charge in [-0.15, -0.1) is 0 Å². The van der Waals surface area contributed by atoms with Crippen molar-refractivity contribution in [3.05, 3.63) is 71.8 Å². The van der Waals surface area contributed by atoms with E-state index in [0.717, 1.165) is 48.7 Å². The maximum absolute atomic E-state index is 9.14. The van der Waals surface area contributed by atoms with Gasteiger partial charge in [-0.25, -0.2) is 15.0 Å². The van der Waals surface area contributed by atoms with Gasteiger partial charge < -0.3 is 25.2 Å². The number of rotatable bonds is 5. The highest BCUT2D eigenvalue weighted by atomic mass is 16.5. The predicted octanol–water partition coefficient (Wildman–Crippen LogP) is 2.72. The van der Waals surface area contributed by atoms with Crippen LogP contribution in [0, 0.1) is 11.3 Å². The lowest BCUT2D eigenvalue weighted by molar-refractivity contribution is 0.335. The number of piperazine rings is 1. The second-order valence-corrected chi connectivity index (χ2v) is 7.80. The lowest BCUT2D eigenvalue weighted by Gasteiger charge is -2.37. The van der Waals surface area contributed by atoms with Crippen LogP contribution in [0.1, 0.15) is 16.7 Å². The third-order valence-electron chi connectivity index (χ3n) is 5.75. The molecular weight excluding hydrogens is 416 g/mol. The summed E-state index contributed by atoms with van der Waals surface area (Å²) < 4.78 is 5.62. The molecule has 0 aromatic carbocycles. The lowest BCUT2D eigenvalue weighted by Crippen LogP contribution is -2.43. The molecule has 3 aromatic rings. The summed E-state index contributed by atoms with van der Waals surface area (Å²) in [5, 5.41) is 15.8. The zero-order chi connectivity index (χ0) is 22.6. The van der Waals surface area contributed by atoms with Gasteiger partial charge in [-0.05, 0) is 29.8 Å². The maximum Gasteiger partial charge on any atom is 0.222 e. The fraction of sp³-hybridized carbons (Fsp3) is 0.250. The molecule has 0 saturated carbocycles. The number of hydrogen-bond acceptors (Lipinski definition) is 9. The number of nitriles is 1. The van der Waals surface area contributed by atoms with Crippen LogP contribution in [0.3, 0.4) is 0 Å². The normalized spacial score (nSPS) is 15.3. The van der Waals surface area contributed by atoms with Gasteiger partial charge in [0.1, 0.15) is 11.6 Å². The molecule has 9 nitrogen and oxygen atoms in total. The van der Waals surface area contributed by atoms with E-state index in [2.05, 4.69) is 53.7 Å². The minimum absolute atomic E-state index is 0.544. The molecule has 0 bridgehead atoms. The minimum atomic E-state index is 0.544. The number of pyridine rings is 3. The van der Waals surface area contributed by atoms with E-state index >= 15 is 0 Å². The lowest BCUT2D eigenvalue weighted by atomic mass is 10.0. The van der Waals surface area contributed by atoms with E-state index in [0.29, 0.717) is 29.6 Å². The average molecular weight is 441 g/mol. The standard InChI is InChI=1S/C24H24N8O/c1-33-24-23-18(3-6-29-24)15-32(16-20(23)31-10-8-26-9-11-31)19-4-7-28-22(13-19)30-21-12-17(14-25)2-5-27-21/h2-7,12-13,16,26H,8-11,15H2,1H3,(H,27,28,30). The van der Waals surface area contributed by atoms with Gasteiger partial charge in [0.15, 0.2) is 0 Å². The summed E-state index contributed by atoms with van der Waals surface area (Å²) >= 11 is 0. The second kappa shape index (κ2) is 9.14. The molecule has 166 valence electrons. The van der Waals surface area contributed by atoms with Gasteiger partial charge in [0.25, 0.3) is 0 Å². The van der Waals surface area contributed by atoms with Crippen LogP contribution < -0.4 is 20.3 Å². The van der Waals surface area contributed by atoms with Crippen molar-refractivity contribution in [1.29, 1.82) is 5.26 Å². The average Bonchev–Trinajstić information content (AvgIpc) is 2.88. The van der Waals surface area contributed by atoms with E-state index in [9.17, 15) is 0 Å². The Morgan fingerprint density at radius 3 is 2.58 bits per heavy atom. The quantitative estimate of drug-likeness (QED) is 0.620. The molecule has 3 aromatic heterocycles. The van der Waals surface area contributed by atoms with Gasteiger partial charge in [0, 0.05) is 69.3 Å². The number of anilines is 3. The number of nitrogens with zero attached hydrogens (tertiary/aromatic N) is 6. The third kappa shape index (κ3) is 4.29. The second-order valence-electron chi connectivity index (χ2n) is 7.80. The summed E-state index contributed by atoms with van der Waals surface area (Å²) in [6, 6.07) is 11.5. The van der Waals surface area contributed by atoms with Crippen LogP contribution in [-0.4, -0.2) is 53.1 Å². The van der Waals surface area contributed by atoms with E-state index in [1.165, 1.54) is 0 Å². The van der Waals surface area contributed by atoms with Crippen LogP contribution in [0.2, 0.25) is 0 Å². The monoisotopic (exact) mass is 440 g/mol. The van der Waals surface area contributed by atoms with Gasteiger partial charge in [-0.3, -0.25) is 0 Å². The fourth-order valence-corrected chi connectivity index (χ4v) is 4.16. The zero-order valence-corrected chi connectivity index (χ0v) is 18.3. The SMILES string of the molecule is COc1nccc2c1C(N1CCNCC1)=CN(c1ccnc(Nc3cc(C#N)ccn3)c1)C2. The molecule has 1 fully saturated rings. The highest BCUT2D eigenvalue weighted by Gasteiger charge is 2.27. The summed E-state index contributed by atoms with van der Waals surface area (Å²) in [6.45, 7) is 4.40. The first-order valence-corrected chi connectivity index (χ1v) is 10.8. The Kier molecular flexibility index (Phi) is 5.74. The van der Waals surface area contributed by atoms with Crippen molar-refractivity contribution in [2.75, 3.05) is 43.5 Å². The molecule has 0 spiro atoms. The summed E-state index contributed by atoms with van der Waals surface area (Å²) in [4.78, 5) is 17.8. The number of fused-ring (bicyclic) bond motifs is 1. The summed E-state index contributed by atoms with van der Waals surface area (Å²) in [5.74, 6) is 1.89. The first-order chi connectivity index (χ1) is 16.2. The van der Waals surface area contributed by atoms with Crippen LogP contribution >= 0.6 is 0 Å². The van der Waals surface area contributed by atoms with Gasteiger partial charge in [0.2, 0.25) is 5.88 Å². The van der Waals surface area contributed by atoms with Crippen molar-refractivity contribution >= 4 is 23.0 Å². The Labute approximate surface area is 192 Å². The minimum Gasteiger partial charge on any atom is -0.480 e. The molecule has 5 rings (SSSR count).